The predicted molar refractivity (Wildman–Crippen MR) is 43.7 cm³/mol. The Morgan fingerprint density at radius 3 is 2.27 bits per heavy atom. The first-order valence-corrected chi connectivity index (χ1v) is 4.09. The number of carboxylic acids is 1. The van der Waals surface area contributed by atoms with Crippen molar-refractivity contribution in [2.75, 3.05) is 0 Å². The van der Waals surface area contributed by atoms with E-state index in [-0.39, 0.29) is 5.75 Å². The zero-order chi connectivity index (χ0) is 11.4. The first-order valence-electron chi connectivity index (χ1n) is 4.09. The van der Waals surface area contributed by atoms with Crippen LogP contribution in [-0.4, -0.2) is 12.6 Å². The van der Waals surface area contributed by atoms with Gasteiger partial charge in [0.15, 0.2) is 6.04 Å². The second kappa shape index (κ2) is 4.70. The molecule has 1 atom stereocenters. The number of ether oxygens (including phenoxy) is 1. The number of benzene rings is 1. The number of carbonyl (C=O) groups excluding carboxylic acids is 1. The van der Waals surface area contributed by atoms with Crippen molar-refractivity contribution in [2.45, 2.75) is 12.7 Å². The van der Waals surface area contributed by atoms with Gasteiger partial charge in [0.05, 0.1) is 0 Å². The summed E-state index contributed by atoms with van der Waals surface area (Å²) in [4.78, 5) is 10.4. The number of halogens is 2. The zero-order valence-corrected chi connectivity index (χ0v) is 7.65. The molecule has 15 heavy (non-hydrogen) atoms. The van der Waals surface area contributed by atoms with E-state index in [1.54, 1.807) is 0 Å². The van der Waals surface area contributed by atoms with Gasteiger partial charge in [-0.15, -0.1) is 0 Å². The van der Waals surface area contributed by atoms with Crippen LogP contribution in [-0.2, 0) is 4.79 Å². The fourth-order valence-electron chi connectivity index (χ4n) is 1.02. The number of aliphatic carboxylic acids is 1. The van der Waals surface area contributed by atoms with Crippen LogP contribution in [0.5, 0.6) is 5.75 Å². The van der Waals surface area contributed by atoms with E-state index in [1.165, 1.54) is 24.3 Å². The van der Waals surface area contributed by atoms with Crippen molar-refractivity contribution < 1.29 is 29.2 Å². The van der Waals surface area contributed by atoms with E-state index in [0.717, 1.165) is 0 Å². The van der Waals surface area contributed by atoms with E-state index in [9.17, 15) is 18.7 Å². The van der Waals surface area contributed by atoms with Crippen molar-refractivity contribution in [3.8, 4) is 5.75 Å². The molecule has 0 bridgehead atoms. The summed E-state index contributed by atoms with van der Waals surface area (Å²) in [6, 6.07) is 4.19. The number of rotatable bonds is 4. The van der Waals surface area contributed by atoms with Crippen LogP contribution in [0.4, 0.5) is 8.78 Å². The molecule has 0 aliphatic carbocycles. The van der Waals surface area contributed by atoms with Gasteiger partial charge in [-0.05, 0) is 24.3 Å². The summed E-state index contributed by atoms with van der Waals surface area (Å²) >= 11 is 0. The third-order valence-electron chi connectivity index (χ3n) is 1.79. The lowest BCUT2D eigenvalue weighted by atomic mass is 10.1. The molecule has 0 aliphatic heterocycles. The monoisotopic (exact) mass is 217 g/mol. The van der Waals surface area contributed by atoms with Crippen molar-refractivity contribution >= 4 is 5.97 Å². The molecule has 0 heterocycles. The summed E-state index contributed by atoms with van der Waals surface area (Å²) in [5.41, 5.74) is 3.72. The number of carboxylic acid groups (broad SMARTS) is 1. The van der Waals surface area contributed by atoms with Crippen LogP contribution >= 0.6 is 0 Å². The van der Waals surface area contributed by atoms with Crippen LogP contribution in [0.1, 0.15) is 11.6 Å². The third kappa shape index (κ3) is 3.17. The van der Waals surface area contributed by atoms with Gasteiger partial charge in [-0.2, -0.15) is 8.78 Å². The van der Waals surface area contributed by atoms with Gasteiger partial charge < -0.3 is 20.4 Å². The topological polar surface area (TPSA) is 77.0 Å². The summed E-state index contributed by atoms with van der Waals surface area (Å²) in [5.74, 6) is -1.35. The third-order valence-corrected chi connectivity index (χ3v) is 1.79. The molecule has 0 aliphatic rings. The van der Waals surface area contributed by atoms with Crippen LogP contribution in [0.2, 0.25) is 0 Å². The van der Waals surface area contributed by atoms with Gasteiger partial charge in [0.2, 0.25) is 0 Å². The lowest BCUT2D eigenvalue weighted by molar-refractivity contribution is -0.443. The Labute approximate surface area is 84.3 Å². The molecular weight excluding hydrogens is 208 g/mol. The first-order chi connectivity index (χ1) is 7.00. The Hall–Kier alpha value is -1.69. The van der Waals surface area contributed by atoms with Crippen molar-refractivity contribution in [1.29, 1.82) is 0 Å². The first kappa shape index (κ1) is 11.4. The summed E-state index contributed by atoms with van der Waals surface area (Å²) < 4.78 is 27.6. The molecule has 0 saturated heterocycles. The summed E-state index contributed by atoms with van der Waals surface area (Å²) in [7, 11) is 0. The van der Waals surface area contributed by atoms with Crippen molar-refractivity contribution in [3.05, 3.63) is 29.8 Å². The second-order valence-electron chi connectivity index (χ2n) is 2.82. The molecule has 4 nitrogen and oxygen atoms in total. The highest BCUT2D eigenvalue weighted by molar-refractivity contribution is 5.71. The molecule has 0 radical (unpaired) electrons. The van der Waals surface area contributed by atoms with Gasteiger partial charge in [0.25, 0.3) is 0 Å². The average Bonchev–Trinajstić information content (AvgIpc) is 2.17. The molecular formula is C9H9F2NO3. The Balaban J connectivity index is 2.76. The van der Waals surface area contributed by atoms with Gasteiger partial charge in [-0.1, -0.05) is 0 Å². The highest BCUT2D eigenvalue weighted by Gasteiger charge is 2.11. The SMILES string of the molecule is [NH3+][C@H](C(=O)[O-])c1ccc(OC(F)F)cc1. The average molecular weight is 217 g/mol. The van der Waals surface area contributed by atoms with Crippen molar-refractivity contribution in [2.24, 2.45) is 0 Å². The smallest absolute Gasteiger partial charge is 0.387 e. The van der Waals surface area contributed by atoms with E-state index >= 15 is 0 Å². The molecule has 0 unspecified atom stereocenters. The van der Waals surface area contributed by atoms with E-state index < -0.39 is 18.6 Å². The van der Waals surface area contributed by atoms with Gasteiger partial charge >= 0.3 is 6.61 Å². The van der Waals surface area contributed by atoms with Crippen molar-refractivity contribution in [1.82, 2.24) is 0 Å². The Morgan fingerprint density at radius 1 is 1.33 bits per heavy atom. The molecule has 0 fully saturated rings. The molecule has 1 rings (SSSR count). The van der Waals surface area contributed by atoms with Gasteiger partial charge in [-0.3, -0.25) is 0 Å². The van der Waals surface area contributed by atoms with Crippen LogP contribution in [0.3, 0.4) is 0 Å². The Morgan fingerprint density at radius 2 is 1.87 bits per heavy atom. The van der Waals surface area contributed by atoms with E-state index in [1.807, 2.05) is 0 Å². The van der Waals surface area contributed by atoms with Crippen LogP contribution < -0.4 is 15.6 Å². The van der Waals surface area contributed by atoms with Gasteiger partial charge in [0.1, 0.15) is 11.7 Å². The number of alkyl halides is 2. The molecule has 0 spiro atoms. The number of hydrogen-bond donors (Lipinski definition) is 1. The predicted octanol–water partition coefficient (Wildman–Crippen LogP) is -0.679. The lowest BCUT2D eigenvalue weighted by Crippen LogP contribution is -2.60. The fourth-order valence-corrected chi connectivity index (χ4v) is 1.02. The quantitative estimate of drug-likeness (QED) is 0.725. The van der Waals surface area contributed by atoms with Crippen LogP contribution in [0.25, 0.3) is 0 Å². The highest BCUT2D eigenvalue weighted by Crippen LogP contribution is 2.17. The van der Waals surface area contributed by atoms with E-state index in [0.29, 0.717) is 5.56 Å². The molecule has 82 valence electrons. The lowest BCUT2D eigenvalue weighted by Gasteiger charge is -2.10. The number of hydrogen-bond acceptors (Lipinski definition) is 3. The summed E-state index contributed by atoms with van der Waals surface area (Å²) in [5, 5.41) is 10.4. The minimum atomic E-state index is -2.90. The van der Waals surface area contributed by atoms with E-state index in [4.69, 9.17) is 0 Å². The molecule has 1 aromatic carbocycles. The Bertz CT molecular complexity index is 340. The minimum Gasteiger partial charge on any atom is -0.544 e. The normalized spacial score (nSPS) is 12.5. The zero-order valence-electron chi connectivity index (χ0n) is 7.65. The van der Waals surface area contributed by atoms with Crippen LogP contribution in [0.15, 0.2) is 24.3 Å². The maximum absolute atomic E-state index is 11.8. The minimum absolute atomic E-state index is 0.0284. The summed E-state index contributed by atoms with van der Waals surface area (Å²) in [6.45, 7) is -2.90. The highest BCUT2D eigenvalue weighted by atomic mass is 19.3. The van der Waals surface area contributed by atoms with Crippen LogP contribution in [0, 0.1) is 0 Å². The maximum atomic E-state index is 11.8. The molecule has 3 N–H and O–H groups in total. The number of quaternary nitrogens is 1. The molecule has 0 saturated carbocycles. The molecule has 0 aromatic heterocycles. The van der Waals surface area contributed by atoms with Gasteiger partial charge in [0, 0.05) is 5.56 Å². The van der Waals surface area contributed by atoms with E-state index in [2.05, 4.69) is 10.5 Å². The van der Waals surface area contributed by atoms with Crippen molar-refractivity contribution in [3.63, 3.8) is 0 Å². The summed E-state index contributed by atoms with van der Waals surface area (Å²) in [6.07, 6.45) is 0. The van der Waals surface area contributed by atoms with Gasteiger partial charge in [-0.25, -0.2) is 0 Å². The standard InChI is InChI=1S/C9H9F2NO3/c10-9(11)15-6-3-1-5(2-4-6)7(12)8(13)14/h1-4,7,9H,12H2,(H,13,14)/t7-/m0/s1. The maximum Gasteiger partial charge on any atom is 0.387 e. The Kier molecular flexibility index (Phi) is 3.56. The number of carbonyl (C=O) groups is 1. The largest absolute Gasteiger partial charge is 0.544 e. The molecule has 0 amide bonds. The fraction of sp³-hybridized carbons (Fsp3) is 0.222. The molecule has 1 aromatic rings. The molecule has 6 heteroatoms. The second-order valence-corrected chi connectivity index (χ2v) is 2.82.